The van der Waals surface area contributed by atoms with Crippen molar-refractivity contribution in [2.45, 2.75) is 19.8 Å². The van der Waals surface area contributed by atoms with E-state index in [-0.39, 0.29) is 12.4 Å². The standard InChI is InChI=1S/C19H18FN4O2/c1-13-5-7-16(8-6-13)22-9-10-23-17(25)18(26)24(21-19(22)23)12-14-3-2-4-15(20)11-14/h2-8,11,19H,9-10,12H2,1H3/q+1. The molecule has 2 heterocycles. The van der Waals surface area contributed by atoms with Gasteiger partial charge < -0.3 is 4.90 Å². The summed E-state index contributed by atoms with van der Waals surface area (Å²) < 4.78 is 14.6. The Labute approximate surface area is 150 Å². The van der Waals surface area contributed by atoms with Crippen LogP contribution < -0.4 is 4.90 Å². The van der Waals surface area contributed by atoms with Gasteiger partial charge >= 0.3 is 11.8 Å². The molecule has 2 aromatic rings. The summed E-state index contributed by atoms with van der Waals surface area (Å²) in [5.41, 5.74) is 2.67. The lowest BCUT2D eigenvalue weighted by Gasteiger charge is -2.27. The second kappa shape index (κ2) is 6.33. The van der Waals surface area contributed by atoms with Crippen molar-refractivity contribution in [2.24, 2.45) is 5.11 Å². The molecule has 0 radical (unpaired) electrons. The van der Waals surface area contributed by atoms with E-state index in [4.69, 9.17) is 0 Å². The van der Waals surface area contributed by atoms with Crippen molar-refractivity contribution in [3.63, 3.8) is 0 Å². The average molecular weight is 353 g/mol. The van der Waals surface area contributed by atoms with Gasteiger partial charge in [-0.05, 0) is 35.9 Å². The smallest absolute Gasteiger partial charge is 0.326 e. The number of amides is 2. The molecule has 4 rings (SSSR count). The Morgan fingerprint density at radius 2 is 1.85 bits per heavy atom. The first-order valence-corrected chi connectivity index (χ1v) is 8.44. The van der Waals surface area contributed by atoms with Crippen molar-refractivity contribution in [1.29, 1.82) is 0 Å². The van der Waals surface area contributed by atoms with Gasteiger partial charge in [-0.3, -0.25) is 9.69 Å². The van der Waals surface area contributed by atoms with E-state index >= 15 is 0 Å². The molecule has 6 nitrogen and oxygen atoms in total. The van der Waals surface area contributed by atoms with Crippen LogP contribution in [0.15, 0.2) is 53.6 Å². The van der Waals surface area contributed by atoms with E-state index < -0.39 is 18.1 Å². The van der Waals surface area contributed by atoms with Gasteiger partial charge in [0.25, 0.3) is 6.29 Å². The molecule has 2 amide bonds. The fraction of sp³-hybridized carbons (Fsp3) is 0.263. The van der Waals surface area contributed by atoms with Crippen molar-refractivity contribution in [1.82, 2.24) is 4.90 Å². The summed E-state index contributed by atoms with van der Waals surface area (Å²) in [6.45, 7) is 3.12. The van der Waals surface area contributed by atoms with Gasteiger partial charge in [0.05, 0.1) is 0 Å². The number of rotatable bonds is 3. The molecule has 2 aliphatic heterocycles. The zero-order chi connectivity index (χ0) is 18.3. The Morgan fingerprint density at radius 1 is 1.12 bits per heavy atom. The van der Waals surface area contributed by atoms with Crippen LogP contribution in [0.5, 0.6) is 0 Å². The lowest BCUT2D eigenvalue weighted by molar-refractivity contribution is -0.534. The summed E-state index contributed by atoms with van der Waals surface area (Å²) >= 11 is 0. The van der Waals surface area contributed by atoms with Crippen molar-refractivity contribution in [2.75, 3.05) is 18.0 Å². The maximum Gasteiger partial charge on any atom is 0.502 e. The molecule has 0 aromatic heterocycles. The number of halogens is 1. The number of fused-ring (bicyclic) bond motifs is 1. The molecule has 2 aliphatic rings. The average Bonchev–Trinajstić information content (AvgIpc) is 3.04. The number of nitrogens with zero attached hydrogens (tertiary/aromatic N) is 4. The highest BCUT2D eigenvalue weighted by Crippen LogP contribution is 2.27. The lowest BCUT2D eigenvalue weighted by Crippen LogP contribution is -2.51. The summed E-state index contributed by atoms with van der Waals surface area (Å²) in [5, 5.41) is 4.47. The number of carbonyl (C=O) groups excluding carboxylic acids is 2. The number of carbonyl (C=O) groups is 2. The van der Waals surface area contributed by atoms with Gasteiger partial charge in [-0.1, -0.05) is 29.8 Å². The molecule has 132 valence electrons. The van der Waals surface area contributed by atoms with Crippen molar-refractivity contribution >= 4 is 17.5 Å². The quantitative estimate of drug-likeness (QED) is 0.628. The number of hydrogen-bond donors (Lipinski definition) is 0. The van der Waals surface area contributed by atoms with Gasteiger partial charge in [0.15, 0.2) is 0 Å². The molecule has 1 atom stereocenters. The fourth-order valence-electron chi connectivity index (χ4n) is 3.28. The highest BCUT2D eigenvalue weighted by Gasteiger charge is 2.49. The number of aryl methyl sites for hydroxylation is 1. The van der Waals surface area contributed by atoms with E-state index in [1.807, 2.05) is 36.1 Å². The molecular formula is C19H18FN4O2+. The van der Waals surface area contributed by atoms with Gasteiger partial charge in [-0.15, -0.1) is 0 Å². The van der Waals surface area contributed by atoms with Crippen LogP contribution in [0.4, 0.5) is 10.1 Å². The van der Waals surface area contributed by atoms with Crippen molar-refractivity contribution in [3.8, 4) is 0 Å². The topological polar surface area (TPSA) is 56.0 Å². The monoisotopic (exact) mass is 353 g/mol. The Kier molecular flexibility index (Phi) is 3.99. The van der Waals surface area contributed by atoms with E-state index in [1.54, 1.807) is 12.1 Å². The molecular weight excluding hydrogens is 335 g/mol. The Morgan fingerprint density at radius 3 is 2.58 bits per heavy atom. The number of hydrogen-bond acceptors (Lipinski definition) is 4. The first-order valence-electron chi connectivity index (χ1n) is 8.44. The third-order valence-electron chi connectivity index (χ3n) is 4.65. The van der Waals surface area contributed by atoms with Crippen LogP contribution in [0.25, 0.3) is 0 Å². The Bertz CT molecular complexity index is 910. The summed E-state index contributed by atoms with van der Waals surface area (Å²) in [5.74, 6) is -1.64. The maximum atomic E-state index is 13.4. The predicted octanol–water partition coefficient (Wildman–Crippen LogP) is 2.27. The molecule has 0 aliphatic carbocycles. The molecule has 1 saturated heterocycles. The van der Waals surface area contributed by atoms with E-state index in [0.717, 1.165) is 15.9 Å². The summed E-state index contributed by atoms with van der Waals surface area (Å²) in [4.78, 5) is 28.3. The van der Waals surface area contributed by atoms with Gasteiger partial charge in [-0.25, -0.2) is 9.18 Å². The first-order chi connectivity index (χ1) is 12.5. The number of anilines is 1. The third kappa shape index (κ3) is 2.85. The van der Waals surface area contributed by atoms with E-state index in [0.29, 0.717) is 18.7 Å². The number of azo groups is 2. The minimum absolute atomic E-state index is 0.0639. The summed E-state index contributed by atoms with van der Waals surface area (Å²) in [6.07, 6.45) is -0.559. The van der Waals surface area contributed by atoms with E-state index in [2.05, 4.69) is 5.11 Å². The van der Waals surface area contributed by atoms with Gasteiger partial charge in [0.1, 0.15) is 5.82 Å². The highest BCUT2D eigenvalue weighted by atomic mass is 19.1. The van der Waals surface area contributed by atoms with Crippen LogP contribution in [0, 0.1) is 12.7 Å². The second-order valence-corrected chi connectivity index (χ2v) is 6.48. The fourth-order valence-corrected chi connectivity index (χ4v) is 3.28. The largest absolute Gasteiger partial charge is 0.502 e. The first kappa shape index (κ1) is 16.4. The Balaban J connectivity index is 1.66. The minimum atomic E-state index is -0.684. The molecule has 2 aromatic carbocycles. The van der Waals surface area contributed by atoms with Crippen LogP contribution in [0.2, 0.25) is 0 Å². The summed E-state index contributed by atoms with van der Waals surface area (Å²) in [7, 11) is 0. The van der Waals surface area contributed by atoms with Crippen LogP contribution in [0.3, 0.4) is 0 Å². The second-order valence-electron chi connectivity index (χ2n) is 6.48. The lowest BCUT2D eigenvalue weighted by atomic mass is 10.2. The summed E-state index contributed by atoms with van der Waals surface area (Å²) in [6, 6.07) is 13.9. The van der Waals surface area contributed by atoms with Crippen LogP contribution in [0.1, 0.15) is 11.1 Å². The molecule has 0 N–H and O–H groups in total. The van der Waals surface area contributed by atoms with Crippen molar-refractivity contribution < 1.29 is 18.7 Å². The maximum absolute atomic E-state index is 13.4. The molecule has 0 spiro atoms. The Hall–Kier alpha value is -3.09. The number of benzene rings is 2. The third-order valence-corrected chi connectivity index (χ3v) is 4.65. The molecule has 1 fully saturated rings. The SMILES string of the molecule is Cc1ccc(N2CCN3C(=O)C(=O)[N+](Cc4cccc(F)c4)=NC32)cc1. The van der Waals surface area contributed by atoms with E-state index in [1.165, 1.54) is 17.0 Å². The van der Waals surface area contributed by atoms with Crippen molar-refractivity contribution in [3.05, 3.63) is 65.5 Å². The molecule has 7 heteroatoms. The predicted molar refractivity (Wildman–Crippen MR) is 91.8 cm³/mol. The molecule has 26 heavy (non-hydrogen) atoms. The zero-order valence-electron chi connectivity index (χ0n) is 14.3. The molecule has 0 bridgehead atoms. The molecule has 1 unspecified atom stereocenters. The normalized spacial score (nSPS) is 19.6. The van der Waals surface area contributed by atoms with Gasteiger partial charge in [0.2, 0.25) is 6.54 Å². The minimum Gasteiger partial charge on any atom is -0.326 e. The van der Waals surface area contributed by atoms with Crippen LogP contribution in [-0.4, -0.2) is 40.8 Å². The van der Waals surface area contributed by atoms with Crippen LogP contribution in [-0.2, 0) is 16.1 Å². The zero-order valence-corrected chi connectivity index (χ0v) is 14.3. The van der Waals surface area contributed by atoms with Gasteiger partial charge in [0, 0.05) is 29.5 Å². The van der Waals surface area contributed by atoms with Gasteiger partial charge in [-0.2, -0.15) is 0 Å². The van der Waals surface area contributed by atoms with E-state index in [9.17, 15) is 14.0 Å². The highest BCUT2D eigenvalue weighted by molar-refractivity contribution is 6.31. The molecule has 0 saturated carbocycles. The van der Waals surface area contributed by atoms with Crippen LogP contribution >= 0.6 is 0 Å².